The molecule has 1 aromatic rings. The smallest absolute Gasteiger partial charge is 0.300 e. The molecule has 0 bridgehead atoms. The highest BCUT2D eigenvalue weighted by atomic mass is 28.4. The Balaban J connectivity index is 2.72. The van der Waals surface area contributed by atoms with E-state index in [0.717, 1.165) is 12.8 Å². The average molecular weight is 388 g/mol. The van der Waals surface area contributed by atoms with Crippen LogP contribution >= 0.6 is 0 Å². The molecular formula is C16H33N3O4Si2. The topological polar surface area (TPSA) is 88.6 Å². The maximum atomic E-state index is 12.1. The van der Waals surface area contributed by atoms with Gasteiger partial charge in [0.05, 0.1) is 19.8 Å². The van der Waals surface area contributed by atoms with Crippen molar-refractivity contribution < 1.29 is 13.6 Å². The van der Waals surface area contributed by atoms with Crippen molar-refractivity contribution in [2.45, 2.75) is 64.8 Å². The number of methoxy groups -OCH3 is 1. The molecule has 0 saturated carbocycles. The normalized spacial score (nSPS) is 13.7. The minimum absolute atomic E-state index is 0.0434. The van der Waals surface area contributed by atoms with Crippen LogP contribution in [0.4, 0.5) is 5.82 Å². The maximum Gasteiger partial charge on any atom is 0.300 e. The molecule has 2 N–H and O–H groups in total. The number of hydrogen-bond acceptors (Lipinski definition) is 6. The van der Waals surface area contributed by atoms with Crippen molar-refractivity contribution in [2.24, 2.45) is 0 Å². The second kappa shape index (κ2) is 8.97. The van der Waals surface area contributed by atoms with E-state index in [1.54, 1.807) is 0 Å². The third-order valence-electron chi connectivity index (χ3n) is 3.31. The zero-order valence-corrected chi connectivity index (χ0v) is 18.6. The largest absolute Gasteiger partial charge is 0.468 e. The molecule has 1 unspecified atom stereocenters. The van der Waals surface area contributed by atoms with Crippen LogP contribution in [0, 0.1) is 0 Å². The van der Waals surface area contributed by atoms with Gasteiger partial charge in [-0.05, 0) is 52.1 Å². The second-order valence-electron chi connectivity index (χ2n) is 8.08. The minimum Gasteiger partial charge on any atom is -0.468 e. The van der Waals surface area contributed by atoms with Gasteiger partial charge in [0.15, 0.2) is 16.6 Å². The molecule has 0 spiro atoms. The van der Waals surface area contributed by atoms with E-state index >= 15 is 0 Å². The first-order chi connectivity index (χ1) is 11.4. The van der Waals surface area contributed by atoms with Crippen molar-refractivity contribution in [3.05, 3.63) is 16.4 Å². The van der Waals surface area contributed by atoms with Crippen LogP contribution in [0.25, 0.3) is 0 Å². The van der Waals surface area contributed by atoms with Gasteiger partial charge in [0.2, 0.25) is 0 Å². The SMILES string of the molecule is COc1nc(N)cc(=O)n1CCCC(CO[Si](C)(C)C)O[Si](C)(C)C. The maximum absolute atomic E-state index is 12.1. The number of nitrogens with two attached hydrogens (primary N) is 1. The fourth-order valence-corrected chi connectivity index (χ4v) is 4.23. The number of hydrogen-bond donors (Lipinski definition) is 1. The molecule has 1 atom stereocenters. The van der Waals surface area contributed by atoms with E-state index in [-0.39, 0.29) is 23.5 Å². The van der Waals surface area contributed by atoms with Crippen LogP contribution in [0.15, 0.2) is 10.9 Å². The van der Waals surface area contributed by atoms with Crippen LogP contribution in [-0.2, 0) is 15.4 Å². The molecule has 144 valence electrons. The van der Waals surface area contributed by atoms with Gasteiger partial charge in [0.25, 0.3) is 5.56 Å². The lowest BCUT2D eigenvalue weighted by molar-refractivity contribution is 0.108. The van der Waals surface area contributed by atoms with Gasteiger partial charge < -0.3 is 19.3 Å². The Morgan fingerprint density at radius 3 is 2.36 bits per heavy atom. The molecular weight excluding hydrogens is 354 g/mol. The standard InChI is InChI=1S/C16H33N3O4Si2/c1-21-16-18-14(17)11-15(20)19(16)10-8-9-13(23-25(5,6)7)12-22-24(2,3)4/h11,13H,8-10,12,17H2,1-7H3. The highest BCUT2D eigenvalue weighted by molar-refractivity contribution is 6.70. The molecule has 0 radical (unpaired) electrons. The van der Waals surface area contributed by atoms with Gasteiger partial charge >= 0.3 is 6.01 Å². The molecule has 25 heavy (non-hydrogen) atoms. The first-order valence-electron chi connectivity index (χ1n) is 8.64. The van der Waals surface area contributed by atoms with E-state index in [1.165, 1.54) is 17.7 Å². The zero-order valence-electron chi connectivity index (χ0n) is 16.6. The summed E-state index contributed by atoms with van der Waals surface area (Å²) in [6.45, 7) is 14.1. The van der Waals surface area contributed by atoms with Crippen molar-refractivity contribution in [1.82, 2.24) is 9.55 Å². The minimum atomic E-state index is -1.67. The molecule has 1 heterocycles. The summed E-state index contributed by atoms with van der Waals surface area (Å²) in [5.41, 5.74) is 5.39. The number of ether oxygens (including phenoxy) is 1. The van der Waals surface area contributed by atoms with Gasteiger partial charge in [-0.25, -0.2) is 0 Å². The monoisotopic (exact) mass is 387 g/mol. The molecule has 1 aromatic heterocycles. The second-order valence-corrected chi connectivity index (χ2v) is 17.0. The molecule has 0 aliphatic carbocycles. The highest BCUT2D eigenvalue weighted by Gasteiger charge is 2.24. The number of nitrogens with zero attached hydrogens (tertiary/aromatic N) is 2. The summed E-state index contributed by atoms with van der Waals surface area (Å²) in [5.74, 6) is 0.168. The summed E-state index contributed by atoms with van der Waals surface area (Å²) in [7, 11) is -1.78. The van der Waals surface area contributed by atoms with Crippen molar-refractivity contribution in [3.8, 4) is 6.01 Å². The zero-order chi connectivity index (χ0) is 19.3. The van der Waals surface area contributed by atoms with Crippen molar-refractivity contribution in [1.29, 1.82) is 0 Å². The molecule has 1 rings (SSSR count). The lowest BCUT2D eigenvalue weighted by Crippen LogP contribution is -2.38. The third kappa shape index (κ3) is 8.66. The highest BCUT2D eigenvalue weighted by Crippen LogP contribution is 2.16. The van der Waals surface area contributed by atoms with Crippen LogP contribution in [0.2, 0.25) is 39.3 Å². The van der Waals surface area contributed by atoms with Gasteiger partial charge in [0.1, 0.15) is 5.82 Å². The lowest BCUT2D eigenvalue weighted by atomic mass is 10.2. The van der Waals surface area contributed by atoms with E-state index in [1.807, 2.05) is 0 Å². The fourth-order valence-electron chi connectivity index (χ4n) is 2.36. The summed E-state index contributed by atoms with van der Waals surface area (Å²) in [6, 6.07) is 1.55. The number of nitrogen functional groups attached to an aromatic ring is 1. The molecule has 7 nitrogen and oxygen atoms in total. The van der Waals surface area contributed by atoms with Crippen molar-refractivity contribution >= 4 is 22.5 Å². The quantitative estimate of drug-likeness (QED) is 0.621. The van der Waals surface area contributed by atoms with E-state index in [2.05, 4.69) is 44.3 Å². The molecule has 0 fully saturated rings. The Kier molecular flexibility index (Phi) is 7.85. The fraction of sp³-hybridized carbons (Fsp3) is 0.750. The lowest BCUT2D eigenvalue weighted by Gasteiger charge is -2.29. The van der Waals surface area contributed by atoms with Gasteiger partial charge in [-0.15, -0.1) is 0 Å². The molecule has 0 aromatic carbocycles. The Labute approximate surface area is 152 Å². The van der Waals surface area contributed by atoms with Crippen LogP contribution in [-0.4, -0.2) is 46.0 Å². The summed E-state index contributed by atoms with van der Waals surface area (Å²) in [5, 5.41) is 0. The summed E-state index contributed by atoms with van der Waals surface area (Å²) in [4.78, 5) is 16.2. The number of rotatable bonds is 10. The van der Waals surface area contributed by atoms with Crippen LogP contribution < -0.4 is 16.0 Å². The number of aromatic nitrogens is 2. The predicted molar refractivity (Wildman–Crippen MR) is 106 cm³/mol. The molecule has 0 saturated heterocycles. The van der Waals surface area contributed by atoms with Crippen LogP contribution in [0.1, 0.15) is 12.8 Å². The van der Waals surface area contributed by atoms with E-state index in [4.69, 9.17) is 19.3 Å². The third-order valence-corrected chi connectivity index (χ3v) is 5.38. The Hall–Kier alpha value is -1.17. The molecule has 0 aliphatic rings. The van der Waals surface area contributed by atoms with Crippen molar-refractivity contribution in [3.63, 3.8) is 0 Å². The average Bonchev–Trinajstić information content (AvgIpc) is 2.44. The molecule has 0 aliphatic heterocycles. The molecule has 0 amide bonds. The summed E-state index contributed by atoms with van der Waals surface area (Å²) < 4.78 is 19.0. The summed E-state index contributed by atoms with van der Waals surface area (Å²) >= 11 is 0. The first-order valence-corrected chi connectivity index (χ1v) is 15.5. The van der Waals surface area contributed by atoms with Crippen molar-refractivity contribution in [2.75, 3.05) is 19.5 Å². The molecule has 9 heteroatoms. The van der Waals surface area contributed by atoms with Gasteiger partial charge in [0, 0.05) is 12.6 Å². The van der Waals surface area contributed by atoms with E-state index < -0.39 is 16.6 Å². The Bertz CT molecular complexity index is 609. The van der Waals surface area contributed by atoms with Crippen LogP contribution in [0.3, 0.4) is 0 Å². The van der Waals surface area contributed by atoms with Crippen LogP contribution in [0.5, 0.6) is 6.01 Å². The van der Waals surface area contributed by atoms with Gasteiger partial charge in [-0.2, -0.15) is 4.98 Å². The van der Waals surface area contributed by atoms with Gasteiger partial charge in [-0.1, -0.05) is 0 Å². The predicted octanol–water partition coefficient (Wildman–Crippen LogP) is 2.69. The number of anilines is 1. The Morgan fingerprint density at radius 2 is 1.84 bits per heavy atom. The summed E-state index contributed by atoms with van der Waals surface area (Å²) in [6.07, 6.45) is 1.63. The van der Waals surface area contributed by atoms with E-state index in [9.17, 15) is 4.79 Å². The Morgan fingerprint density at radius 1 is 1.20 bits per heavy atom. The van der Waals surface area contributed by atoms with Gasteiger partial charge in [-0.3, -0.25) is 9.36 Å². The first kappa shape index (κ1) is 21.9. The van der Waals surface area contributed by atoms with E-state index in [0.29, 0.717) is 13.2 Å².